The van der Waals surface area contributed by atoms with Gasteiger partial charge >= 0.3 is 0 Å². The van der Waals surface area contributed by atoms with Crippen molar-refractivity contribution in [2.45, 2.75) is 45.8 Å². The summed E-state index contributed by atoms with van der Waals surface area (Å²) >= 11 is 0. The maximum atomic E-state index is 11.5. The summed E-state index contributed by atoms with van der Waals surface area (Å²) in [7, 11) is 0. The molecule has 0 radical (unpaired) electrons. The van der Waals surface area contributed by atoms with Crippen LogP contribution in [0.1, 0.15) is 38.8 Å². The second kappa shape index (κ2) is 8.81. The van der Waals surface area contributed by atoms with Gasteiger partial charge in [0.05, 0.1) is 10.9 Å². The zero-order valence-electron chi connectivity index (χ0n) is 19.6. The van der Waals surface area contributed by atoms with E-state index in [1.54, 1.807) is 4.57 Å². The molecule has 4 heterocycles. The molecular weight excluding hydrogens is 430 g/mol. The van der Waals surface area contributed by atoms with E-state index in [-0.39, 0.29) is 23.9 Å². The molecule has 4 aromatic rings. The molecule has 1 unspecified atom stereocenters. The fraction of sp³-hybridized carbons (Fsp3) is 0.360. The lowest BCUT2D eigenvalue weighted by molar-refractivity contribution is -0.119. The predicted octanol–water partition coefficient (Wildman–Crippen LogP) is 3.59. The molecule has 34 heavy (non-hydrogen) atoms. The summed E-state index contributed by atoms with van der Waals surface area (Å²) in [5, 5.41) is 19.2. The topological polar surface area (TPSA) is 108 Å². The predicted molar refractivity (Wildman–Crippen MR) is 133 cm³/mol. The van der Waals surface area contributed by atoms with E-state index < -0.39 is 0 Å². The lowest BCUT2D eigenvalue weighted by Crippen LogP contribution is -2.35. The van der Waals surface area contributed by atoms with Gasteiger partial charge in [0.25, 0.3) is 0 Å². The molecule has 5 rings (SSSR count). The van der Waals surface area contributed by atoms with Crippen molar-refractivity contribution in [1.82, 2.24) is 24.8 Å². The van der Waals surface area contributed by atoms with Crippen LogP contribution in [0, 0.1) is 0 Å². The molecule has 1 atom stereocenters. The van der Waals surface area contributed by atoms with Crippen LogP contribution in [0.25, 0.3) is 21.8 Å². The molecule has 1 aliphatic rings. The fourth-order valence-electron chi connectivity index (χ4n) is 4.49. The number of fused-ring (bicyclic) bond motifs is 2. The molecular formula is C25H29N7O2. The number of hydrogen-bond donors (Lipinski definition) is 3. The first-order chi connectivity index (χ1) is 16.4. The lowest BCUT2D eigenvalue weighted by atomic mass is 10.1. The summed E-state index contributed by atoms with van der Waals surface area (Å²) < 4.78 is 1.80. The molecule has 1 fully saturated rings. The molecule has 0 bridgehead atoms. The number of carbonyl (C=O) groups is 1. The zero-order chi connectivity index (χ0) is 23.8. The average molecular weight is 460 g/mol. The standard InChI is InChI=1S/C25H29N7O2/c1-15(2)32-14-20-22(24(32)34)29-25(31-9-8-19(13-31)28-16(3)33)30-23(20)27-12-17-10-18-6-4-5-7-21(18)26-11-17/h4-7,10-11,14-15,19,34H,8-9,12-13H2,1-3H3,(H,28,33)(H,27,29,30). The summed E-state index contributed by atoms with van der Waals surface area (Å²) in [5.41, 5.74) is 2.51. The van der Waals surface area contributed by atoms with Crippen molar-refractivity contribution in [2.24, 2.45) is 0 Å². The summed E-state index contributed by atoms with van der Waals surface area (Å²) in [6.07, 6.45) is 4.58. The monoisotopic (exact) mass is 459 g/mol. The Hall–Kier alpha value is -3.88. The molecule has 1 aliphatic heterocycles. The van der Waals surface area contributed by atoms with Gasteiger partial charge < -0.3 is 25.2 Å². The van der Waals surface area contributed by atoms with Crippen molar-refractivity contribution in [3.63, 3.8) is 0 Å². The number of aromatic nitrogens is 4. The van der Waals surface area contributed by atoms with Gasteiger partial charge in [-0.1, -0.05) is 18.2 Å². The maximum absolute atomic E-state index is 11.5. The summed E-state index contributed by atoms with van der Waals surface area (Å²) in [4.78, 5) is 27.6. The van der Waals surface area contributed by atoms with Crippen LogP contribution in [0.15, 0.2) is 42.7 Å². The van der Waals surface area contributed by atoms with E-state index >= 15 is 0 Å². The largest absolute Gasteiger partial charge is 0.493 e. The van der Waals surface area contributed by atoms with Crippen molar-refractivity contribution < 1.29 is 9.90 Å². The van der Waals surface area contributed by atoms with Crippen molar-refractivity contribution in [2.75, 3.05) is 23.3 Å². The van der Waals surface area contributed by atoms with Gasteiger partial charge in [-0.05, 0) is 38.0 Å². The number of nitrogens with one attached hydrogen (secondary N) is 2. The second-order valence-corrected chi connectivity index (χ2v) is 9.11. The van der Waals surface area contributed by atoms with E-state index in [0.717, 1.165) is 34.8 Å². The zero-order valence-corrected chi connectivity index (χ0v) is 19.6. The highest BCUT2D eigenvalue weighted by molar-refractivity contribution is 5.94. The average Bonchev–Trinajstić information content (AvgIpc) is 3.41. The number of rotatable bonds is 6. The fourth-order valence-corrected chi connectivity index (χ4v) is 4.49. The number of amides is 1. The third-order valence-corrected chi connectivity index (χ3v) is 6.20. The van der Waals surface area contributed by atoms with Crippen LogP contribution in [-0.4, -0.2) is 49.7 Å². The van der Waals surface area contributed by atoms with Crippen LogP contribution in [-0.2, 0) is 11.3 Å². The van der Waals surface area contributed by atoms with E-state index in [1.807, 2.05) is 50.5 Å². The van der Waals surface area contributed by atoms with E-state index in [0.29, 0.717) is 30.4 Å². The smallest absolute Gasteiger partial charge is 0.228 e. The number of carbonyl (C=O) groups excluding carboxylic acids is 1. The van der Waals surface area contributed by atoms with Crippen LogP contribution < -0.4 is 15.5 Å². The molecule has 0 saturated carbocycles. The second-order valence-electron chi connectivity index (χ2n) is 9.11. The van der Waals surface area contributed by atoms with Gasteiger partial charge in [-0.3, -0.25) is 9.78 Å². The number of nitrogens with zero attached hydrogens (tertiary/aromatic N) is 5. The molecule has 1 saturated heterocycles. The van der Waals surface area contributed by atoms with Gasteiger partial charge in [-0.2, -0.15) is 4.98 Å². The number of pyridine rings is 1. The molecule has 176 valence electrons. The Bertz CT molecular complexity index is 1360. The van der Waals surface area contributed by atoms with Crippen LogP contribution in [0.4, 0.5) is 11.8 Å². The highest BCUT2D eigenvalue weighted by Gasteiger charge is 2.27. The molecule has 3 N–H and O–H groups in total. The van der Waals surface area contributed by atoms with Gasteiger partial charge in [-0.25, -0.2) is 4.98 Å². The van der Waals surface area contributed by atoms with Gasteiger partial charge in [0.1, 0.15) is 11.3 Å². The Morgan fingerprint density at radius 3 is 2.88 bits per heavy atom. The number of anilines is 2. The maximum Gasteiger partial charge on any atom is 0.228 e. The van der Waals surface area contributed by atoms with E-state index in [4.69, 9.17) is 9.97 Å². The van der Waals surface area contributed by atoms with Gasteiger partial charge in [0.15, 0.2) is 0 Å². The first kappa shape index (κ1) is 21.9. The minimum Gasteiger partial charge on any atom is -0.493 e. The van der Waals surface area contributed by atoms with Crippen LogP contribution in [0.5, 0.6) is 5.88 Å². The van der Waals surface area contributed by atoms with Gasteiger partial charge in [0, 0.05) is 56.4 Å². The van der Waals surface area contributed by atoms with E-state index in [1.165, 1.54) is 6.92 Å². The van der Waals surface area contributed by atoms with E-state index in [9.17, 15) is 9.90 Å². The first-order valence-corrected chi connectivity index (χ1v) is 11.6. The Kier molecular flexibility index (Phi) is 5.69. The highest BCUT2D eigenvalue weighted by Crippen LogP contribution is 2.34. The molecule has 3 aromatic heterocycles. The highest BCUT2D eigenvalue weighted by atomic mass is 16.3. The third kappa shape index (κ3) is 4.21. The number of aromatic hydroxyl groups is 1. The number of benzene rings is 1. The number of hydrogen-bond acceptors (Lipinski definition) is 7. The van der Waals surface area contributed by atoms with Crippen molar-refractivity contribution in [3.8, 4) is 5.88 Å². The van der Waals surface area contributed by atoms with Crippen molar-refractivity contribution in [3.05, 3.63) is 48.3 Å². The Labute approximate surface area is 197 Å². The molecule has 9 heteroatoms. The Morgan fingerprint density at radius 1 is 1.26 bits per heavy atom. The molecule has 0 aliphatic carbocycles. The quantitative estimate of drug-likeness (QED) is 0.404. The van der Waals surface area contributed by atoms with Crippen LogP contribution >= 0.6 is 0 Å². The normalized spacial score (nSPS) is 16.0. The van der Waals surface area contributed by atoms with Gasteiger partial charge in [-0.15, -0.1) is 0 Å². The van der Waals surface area contributed by atoms with Crippen molar-refractivity contribution in [1.29, 1.82) is 0 Å². The molecule has 0 spiro atoms. The third-order valence-electron chi connectivity index (χ3n) is 6.20. The minimum atomic E-state index is -0.0405. The Balaban J connectivity index is 1.48. The van der Waals surface area contributed by atoms with Gasteiger partial charge in [0.2, 0.25) is 17.7 Å². The molecule has 1 amide bonds. The number of para-hydroxylation sites is 1. The Morgan fingerprint density at radius 2 is 2.09 bits per heavy atom. The van der Waals surface area contributed by atoms with Crippen molar-refractivity contribution >= 4 is 39.5 Å². The lowest BCUT2D eigenvalue weighted by Gasteiger charge is -2.18. The van der Waals surface area contributed by atoms with Crippen LogP contribution in [0.3, 0.4) is 0 Å². The molecule has 1 aromatic carbocycles. The molecule has 9 nitrogen and oxygen atoms in total. The SMILES string of the molecule is CC(=O)NC1CCN(c2nc(NCc3cnc4ccccc4c3)c3cn(C(C)C)c(O)c3n2)C1. The summed E-state index contributed by atoms with van der Waals surface area (Å²) in [5.74, 6) is 1.28. The van der Waals surface area contributed by atoms with E-state index in [2.05, 4.69) is 26.6 Å². The first-order valence-electron chi connectivity index (χ1n) is 11.6. The minimum absolute atomic E-state index is 0.0405. The summed E-state index contributed by atoms with van der Waals surface area (Å²) in [6.45, 7) is 7.45. The van der Waals surface area contributed by atoms with Crippen LogP contribution in [0.2, 0.25) is 0 Å². The summed E-state index contributed by atoms with van der Waals surface area (Å²) in [6, 6.07) is 10.3.